The quantitative estimate of drug-likeness (QED) is 0.843. The first-order valence-corrected chi connectivity index (χ1v) is 6.59. The van der Waals surface area contributed by atoms with E-state index in [1.54, 1.807) is 19.2 Å². The summed E-state index contributed by atoms with van der Waals surface area (Å²) in [6.07, 6.45) is 0. The van der Waals surface area contributed by atoms with Gasteiger partial charge in [-0.25, -0.2) is 0 Å². The highest BCUT2D eigenvalue weighted by Gasteiger charge is 2.11. The second kappa shape index (κ2) is 6.24. The molecule has 0 saturated carbocycles. The molecule has 0 atom stereocenters. The van der Waals surface area contributed by atoms with Crippen LogP contribution in [0.15, 0.2) is 42.5 Å². The first-order chi connectivity index (χ1) is 9.61. The van der Waals surface area contributed by atoms with Crippen LogP contribution in [0.3, 0.4) is 0 Å². The van der Waals surface area contributed by atoms with Gasteiger partial charge in [0.15, 0.2) is 5.78 Å². The van der Waals surface area contributed by atoms with Crippen LogP contribution in [0.25, 0.3) is 0 Å². The highest BCUT2D eigenvalue weighted by molar-refractivity contribution is 6.01. The van der Waals surface area contributed by atoms with E-state index in [1.165, 1.54) is 5.56 Å². The Kier molecular flexibility index (Phi) is 4.41. The van der Waals surface area contributed by atoms with Crippen LogP contribution >= 0.6 is 0 Å². The van der Waals surface area contributed by atoms with Crippen LogP contribution in [0, 0.1) is 13.8 Å². The van der Waals surface area contributed by atoms with Crippen LogP contribution in [0.5, 0.6) is 5.75 Å². The average molecular weight is 269 g/mol. The fraction of sp³-hybridized carbons (Fsp3) is 0.235. The minimum atomic E-state index is 0.0170. The maximum atomic E-state index is 12.3. The predicted molar refractivity (Wildman–Crippen MR) is 81.7 cm³/mol. The summed E-state index contributed by atoms with van der Waals surface area (Å²) in [6, 6.07) is 13.4. The topological polar surface area (TPSA) is 38.3 Å². The number of carbonyl (C=O) groups is 1. The molecule has 104 valence electrons. The summed E-state index contributed by atoms with van der Waals surface area (Å²) in [5, 5.41) is 3.20. The number of Topliss-reactive ketones (excluding diaryl/α,β-unsaturated/α-hetero) is 1. The molecule has 0 aromatic heterocycles. The predicted octanol–water partition coefficient (Wildman–Crippen LogP) is 3.61. The molecule has 0 aliphatic rings. The van der Waals surface area contributed by atoms with E-state index in [0.717, 1.165) is 11.3 Å². The molecule has 0 amide bonds. The van der Waals surface area contributed by atoms with Crippen LogP contribution in [0.4, 0.5) is 5.69 Å². The molecule has 3 nitrogen and oxygen atoms in total. The lowest BCUT2D eigenvalue weighted by molar-refractivity contribution is 0.100. The second-order valence-corrected chi connectivity index (χ2v) is 4.80. The van der Waals surface area contributed by atoms with E-state index in [9.17, 15) is 4.79 Å². The Morgan fingerprint density at radius 2 is 1.90 bits per heavy atom. The van der Waals surface area contributed by atoms with Gasteiger partial charge in [-0.3, -0.25) is 4.79 Å². The number of nitrogens with one attached hydrogen (secondary N) is 1. The molecule has 0 spiro atoms. The van der Waals surface area contributed by atoms with Crippen LogP contribution in [-0.2, 0) is 0 Å². The van der Waals surface area contributed by atoms with Crippen molar-refractivity contribution in [2.75, 3.05) is 19.0 Å². The summed E-state index contributed by atoms with van der Waals surface area (Å²) in [7, 11) is 1.57. The van der Waals surface area contributed by atoms with Crippen molar-refractivity contribution in [1.82, 2.24) is 0 Å². The number of hydrogen-bond acceptors (Lipinski definition) is 3. The smallest absolute Gasteiger partial charge is 0.185 e. The van der Waals surface area contributed by atoms with Crippen molar-refractivity contribution in [2.24, 2.45) is 0 Å². The molecule has 0 aliphatic carbocycles. The molecule has 2 aromatic rings. The summed E-state index contributed by atoms with van der Waals surface area (Å²) >= 11 is 0. The summed E-state index contributed by atoms with van der Waals surface area (Å²) in [5.41, 5.74) is 3.90. The molecule has 2 aromatic carbocycles. The van der Waals surface area contributed by atoms with Crippen molar-refractivity contribution in [3.8, 4) is 5.75 Å². The summed E-state index contributed by atoms with van der Waals surface area (Å²) in [5.74, 6) is 0.628. The van der Waals surface area contributed by atoms with Gasteiger partial charge in [-0.2, -0.15) is 0 Å². The number of ketones is 1. The molecule has 0 fully saturated rings. The molecule has 3 heteroatoms. The number of benzene rings is 2. The Morgan fingerprint density at radius 1 is 1.15 bits per heavy atom. The van der Waals surface area contributed by atoms with E-state index in [1.807, 2.05) is 38.1 Å². The molecule has 0 radical (unpaired) electrons. The molecule has 1 N–H and O–H groups in total. The summed E-state index contributed by atoms with van der Waals surface area (Å²) in [6.45, 7) is 4.31. The van der Waals surface area contributed by atoms with E-state index < -0.39 is 0 Å². The number of aryl methyl sites for hydroxylation is 2. The van der Waals surface area contributed by atoms with Crippen molar-refractivity contribution in [3.63, 3.8) is 0 Å². The lowest BCUT2D eigenvalue weighted by Gasteiger charge is -2.11. The maximum Gasteiger partial charge on any atom is 0.185 e. The summed E-state index contributed by atoms with van der Waals surface area (Å²) < 4.78 is 5.21. The van der Waals surface area contributed by atoms with Crippen molar-refractivity contribution >= 4 is 11.5 Å². The number of anilines is 1. The van der Waals surface area contributed by atoms with Gasteiger partial charge in [0.2, 0.25) is 0 Å². The van der Waals surface area contributed by atoms with E-state index >= 15 is 0 Å². The Bertz CT molecular complexity index is 620. The van der Waals surface area contributed by atoms with Crippen LogP contribution in [-0.4, -0.2) is 19.4 Å². The SMILES string of the molecule is COc1ccccc1C(=O)CNc1cc(C)ccc1C. The molecule has 0 aliphatic heterocycles. The average Bonchev–Trinajstić information content (AvgIpc) is 2.47. The Hall–Kier alpha value is -2.29. The minimum Gasteiger partial charge on any atom is -0.496 e. The number of methoxy groups -OCH3 is 1. The standard InChI is InChI=1S/C17H19NO2/c1-12-8-9-13(2)15(10-12)18-11-16(19)14-6-4-5-7-17(14)20-3/h4-10,18H,11H2,1-3H3. The Balaban J connectivity index is 2.11. The van der Waals surface area contributed by atoms with Crippen molar-refractivity contribution in [2.45, 2.75) is 13.8 Å². The van der Waals surface area contributed by atoms with Gasteiger partial charge in [0, 0.05) is 5.69 Å². The first-order valence-electron chi connectivity index (χ1n) is 6.59. The van der Waals surface area contributed by atoms with Crippen LogP contribution < -0.4 is 10.1 Å². The van der Waals surface area contributed by atoms with Gasteiger partial charge in [-0.05, 0) is 43.2 Å². The van der Waals surface area contributed by atoms with Gasteiger partial charge in [-0.15, -0.1) is 0 Å². The molecule has 0 heterocycles. The van der Waals surface area contributed by atoms with Gasteiger partial charge in [0.25, 0.3) is 0 Å². The summed E-state index contributed by atoms with van der Waals surface area (Å²) in [4.78, 5) is 12.3. The highest BCUT2D eigenvalue weighted by Crippen LogP contribution is 2.19. The van der Waals surface area contributed by atoms with E-state index in [0.29, 0.717) is 11.3 Å². The normalized spacial score (nSPS) is 10.2. The number of para-hydroxylation sites is 1. The minimum absolute atomic E-state index is 0.0170. The molecule has 20 heavy (non-hydrogen) atoms. The number of hydrogen-bond donors (Lipinski definition) is 1. The Labute approximate surface area is 119 Å². The highest BCUT2D eigenvalue weighted by atomic mass is 16.5. The van der Waals surface area contributed by atoms with Gasteiger partial charge >= 0.3 is 0 Å². The van der Waals surface area contributed by atoms with Crippen molar-refractivity contribution in [1.29, 1.82) is 0 Å². The third-order valence-electron chi connectivity index (χ3n) is 3.24. The monoisotopic (exact) mass is 269 g/mol. The van der Waals surface area contributed by atoms with Gasteiger partial charge < -0.3 is 10.1 Å². The fourth-order valence-corrected chi connectivity index (χ4v) is 2.07. The van der Waals surface area contributed by atoms with E-state index in [2.05, 4.69) is 11.4 Å². The maximum absolute atomic E-state index is 12.3. The Morgan fingerprint density at radius 3 is 2.65 bits per heavy atom. The van der Waals surface area contributed by atoms with Gasteiger partial charge in [0.05, 0.1) is 19.2 Å². The number of carbonyl (C=O) groups excluding carboxylic acids is 1. The van der Waals surface area contributed by atoms with Gasteiger partial charge in [-0.1, -0.05) is 24.3 Å². The zero-order chi connectivity index (χ0) is 14.5. The first kappa shape index (κ1) is 14.1. The zero-order valence-electron chi connectivity index (χ0n) is 12.1. The lowest BCUT2D eigenvalue weighted by Crippen LogP contribution is -2.15. The third kappa shape index (κ3) is 3.18. The molecule has 2 rings (SSSR count). The van der Waals surface area contributed by atoms with Crippen LogP contribution in [0.2, 0.25) is 0 Å². The number of ether oxygens (including phenoxy) is 1. The lowest BCUT2D eigenvalue weighted by atomic mass is 10.1. The fourth-order valence-electron chi connectivity index (χ4n) is 2.07. The van der Waals surface area contributed by atoms with Crippen LogP contribution in [0.1, 0.15) is 21.5 Å². The van der Waals surface area contributed by atoms with Crippen molar-refractivity contribution < 1.29 is 9.53 Å². The largest absolute Gasteiger partial charge is 0.496 e. The zero-order valence-corrected chi connectivity index (χ0v) is 12.1. The second-order valence-electron chi connectivity index (χ2n) is 4.80. The molecule has 0 bridgehead atoms. The van der Waals surface area contributed by atoms with E-state index in [-0.39, 0.29) is 12.3 Å². The molecule has 0 saturated heterocycles. The van der Waals surface area contributed by atoms with Crippen molar-refractivity contribution in [3.05, 3.63) is 59.2 Å². The molecule has 0 unspecified atom stereocenters. The number of rotatable bonds is 5. The third-order valence-corrected chi connectivity index (χ3v) is 3.24. The molecular formula is C17H19NO2. The molecular weight excluding hydrogens is 250 g/mol. The van der Waals surface area contributed by atoms with Gasteiger partial charge in [0.1, 0.15) is 5.75 Å². The van der Waals surface area contributed by atoms with E-state index in [4.69, 9.17) is 4.74 Å².